The van der Waals surface area contributed by atoms with Crippen molar-refractivity contribution in [3.05, 3.63) is 35.4 Å². The van der Waals surface area contributed by atoms with E-state index in [1.807, 2.05) is 45.0 Å². The van der Waals surface area contributed by atoms with Crippen molar-refractivity contribution in [2.45, 2.75) is 51.2 Å². The topological polar surface area (TPSA) is 26.0 Å². The fourth-order valence-electron chi connectivity index (χ4n) is 1.98. The summed E-state index contributed by atoms with van der Waals surface area (Å²) in [5.74, 6) is 0. The third-order valence-electron chi connectivity index (χ3n) is 2.91. The lowest BCUT2D eigenvalue weighted by atomic mass is 9.81. The Kier molecular flexibility index (Phi) is 4.43. The van der Waals surface area contributed by atoms with E-state index < -0.39 is 18.6 Å². The summed E-state index contributed by atoms with van der Waals surface area (Å²) in [4.78, 5) is 0. The second-order valence-electron chi connectivity index (χ2n) is 5.60. The van der Waals surface area contributed by atoms with Crippen LogP contribution in [-0.4, -0.2) is 6.18 Å². The molecular weight excluding hydrogens is 239 g/mol. The summed E-state index contributed by atoms with van der Waals surface area (Å²) in [6.07, 6.45) is -5.06. The first kappa shape index (κ1) is 15.0. The van der Waals surface area contributed by atoms with E-state index in [2.05, 4.69) is 0 Å². The molecule has 102 valence electrons. The molecule has 1 unspecified atom stereocenters. The minimum atomic E-state index is -4.14. The molecule has 0 aliphatic carbocycles. The fourth-order valence-corrected chi connectivity index (χ4v) is 1.98. The molecule has 1 aromatic rings. The van der Waals surface area contributed by atoms with Crippen LogP contribution < -0.4 is 5.73 Å². The third kappa shape index (κ3) is 4.33. The normalized spacial score (nSPS) is 14.6. The van der Waals surface area contributed by atoms with Gasteiger partial charge in [-0.25, -0.2) is 0 Å². The van der Waals surface area contributed by atoms with Gasteiger partial charge in [-0.05, 0) is 23.0 Å². The van der Waals surface area contributed by atoms with E-state index in [0.29, 0.717) is 0 Å². The third-order valence-corrected chi connectivity index (χ3v) is 2.91. The van der Waals surface area contributed by atoms with Crippen molar-refractivity contribution in [2.75, 3.05) is 0 Å². The first-order valence-corrected chi connectivity index (χ1v) is 6.03. The summed E-state index contributed by atoms with van der Waals surface area (Å²) >= 11 is 0. The molecule has 1 rings (SSSR count). The Morgan fingerprint density at radius 2 is 1.67 bits per heavy atom. The molecule has 0 heterocycles. The molecule has 0 aliphatic rings. The smallest absolute Gasteiger partial charge is 0.324 e. The quantitative estimate of drug-likeness (QED) is 0.859. The van der Waals surface area contributed by atoms with Gasteiger partial charge in [-0.3, -0.25) is 0 Å². The highest BCUT2D eigenvalue weighted by Crippen LogP contribution is 2.32. The van der Waals surface area contributed by atoms with Gasteiger partial charge in [0, 0.05) is 12.5 Å². The van der Waals surface area contributed by atoms with E-state index in [4.69, 9.17) is 5.73 Å². The number of halogens is 3. The minimum absolute atomic E-state index is 0.0728. The van der Waals surface area contributed by atoms with Gasteiger partial charge in [0.15, 0.2) is 0 Å². The number of rotatable bonds is 3. The van der Waals surface area contributed by atoms with Crippen molar-refractivity contribution < 1.29 is 13.2 Å². The van der Waals surface area contributed by atoms with E-state index in [1.54, 1.807) is 0 Å². The summed E-state index contributed by atoms with van der Waals surface area (Å²) in [6.45, 7) is 6.09. The summed E-state index contributed by atoms with van der Waals surface area (Å²) in [7, 11) is 0. The summed E-state index contributed by atoms with van der Waals surface area (Å²) in [6, 6.07) is 6.89. The van der Waals surface area contributed by atoms with Gasteiger partial charge in [0.2, 0.25) is 0 Å². The molecule has 0 saturated carbocycles. The van der Waals surface area contributed by atoms with Crippen LogP contribution in [0.1, 0.15) is 50.8 Å². The Labute approximate surface area is 106 Å². The zero-order valence-electron chi connectivity index (χ0n) is 11.0. The van der Waals surface area contributed by atoms with Crippen molar-refractivity contribution in [2.24, 2.45) is 5.73 Å². The zero-order chi connectivity index (χ0) is 14.0. The second-order valence-corrected chi connectivity index (χ2v) is 5.60. The lowest BCUT2D eigenvalue weighted by Gasteiger charge is -2.26. The Morgan fingerprint density at radius 1 is 1.11 bits per heavy atom. The summed E-state index contributed by atoms with van der Waals surface area (Å²) < 4.78 is 36.6. The average molecular weight is 259 g/mol. The van der Waals surface area contributed by atoms with Gasteiger partial charge in [-0.2, -0.15) is 13.2 Å². The molecule has 1 atom stereocenters. The molecule has 2 N–H and O–H groups in total. The average Bonchev–Trinajstić information content (AvgIpc) is 2.24. The SMILES string of the molecule is CC(C)(C)c1ccccc1C(N)CCC(F)(F)F. The molecule has 0 bridgehead atoms. The monoisotopic (exact) mass is 259 g/mol. The van der Waals surface area contributed by atoms with Crippen LogP contribution >= 0.6 is 0 Å². The Morgan fingerprint density at radius 3 is 2.17 bits per heavy atom. The highest BCUT2D eigenvalue weighted by Gasteiger charge is 2.29. The molecule has 1 aromatic carbocycles. The molecule has 0 amide bonds. The molecule has 1 nitrogen and oxygen atoms in total. The van der Waals surface area contributed by atoms with Gasteiger partial charge < -0.3 is 5.73 Å². The summed E-state index contributed by atoms with van der Waals surface area (Å²) in [5.41, 5.74) is 7.61. The predicted octanol–water partition coefficient (Wildman–Crippen LogP) is 4.33. The first-order chi connectivity index (χ1) is 8.11. The number of alkyl halides is 3. The van der Waals surface area contributed by atoms with Crippen molar-refractivity contribution >= 4 is 0 Å². The standard InChI is InChI=1S/C14H20F3N/c1-13(2,3)11-7-5-4-6-10(11)12(18)8-9-14(15,16)17/h4-7,12H,8-9,18H2,1-3H3. The largest absolute Gasteiger partial charge is 0.389 e. The van der Waals surface area contributed by atoms with Crippen LogP contribution in [0, 0.1) is 0 Å². The maximum absolute atomic E-state index is 12.2. The van der Waals surface area contributed by atoms with E-state index in [1.165, 1.54) is 0 Å². The number of benzene rings is 1. The minimum Gasteiger partial charge on any atom is -0.324 e. The highest BCUT2D eigenvalue weighted by atomic mass is 19.4. The number of hydrogen-bond donors (Lipinski definition) is 1. The molecule has 0 saturated heterocycles. The van der Waals surface area contributed by atoms with Crippen molar-refractivity contribution in [1.29, 1.82) is 0 Å². The van der Waals surface area contributed by atoms with E-state index in [9.17, 15) is 13.2 Å². The Hall–Kier alpha value is -1.03. The molecule has 4 heteroatoms. The van der Waals surface area contributed by atoms with Gasteiger partial charge in [0.1, 0.15) is 0 Å². The van der Waals surface area contributed by atoms with Gasteiger partial charge in [0.05, 0.1) is 0 Å². The van der Waals surface area contributed by atoms with Crippen LogP contribution in [0.25, 0.3) is 0 Å². The maximum Gasteiger partial charge on any atom is 0.389 e. The van der Waals surface area contributed by atoms with Crippen LogP contribution in [0.2, 0.25) is 0 Å². The van der Waals surface area contributed by atoms with Gasteiger partial charge in [-0.15, -0.1) is 0 Å². The van der Waals surface area contributed by atoms with Gasteiger partial charge in [-0.1, -0.05) is 45.0 Å². The van der Waals surface area contributed by atoms with Gasteiger partial charge >= 0.3 is 6.18 Å². The molecule has 0 aliphatic heterocycles. The summed E-state index contributed by atoms with van der Waals surface area (Å²) in [5, 5.41) is 0. The van der Waals surface area contributed by atoms with Crippen LogP contribution in [0.4, 0.5) is 13.2 Å². The predicted molar refractivity (Wildman–Crippen MR) is 67.4 cm³/mol. The molecule has 0 aromatic heterocycles. The van der Waals surface area contributed by atoms with E-state index in [-0.39, 0.29) is 11.8 Å². The Balaban J connectivity index is 2.89. The van der Waals surface area contributed by atoms with Crippen LogP contribution in [0.3, 0.4) is 0 Å². The maximum atomic E-state index is 12.2. The van der Waals surface area contributed by atoms with Crippen molar-refractivity contribution in [1.82, 2.24) is 0 Å². The zero-order valence-corrected chi connectivity index (χ0v) is 11.0. The van der Waals surface area contributed by atoms with Crippen LogP contribution in [0.5, 0.6) is 0 Å². The van der Waals surface area contributed by atoms with Gasteiger partial charge in [0.25, 0.3) is 0 Å². The molecule has 18 heavy (non-hydrogen) atoms. The number of nitrogens with two attached hydrogens (primary N) is 1. The van der Waals surface area contributed by atoms with E-state index >= 15 is 0 Å². The highest BCUT2D eigenvalue weighted by molar-refractivity contribution is 5.34. The molecule has 0 fully saturated rings. The Bertz CT molecular complexity index is 391. The first-order valence-electron chi connectivity index (χ1n) is 6.03. The number of hydrogen-bond acceptors (Lipinski definition) is 1. The van der Waals surface area contributed by atoms with Crippen LogP contribution in [-0.2, 0) is 5.41 Å². The lowest BCUT2D eigenvalue weighted by Crippen LogP contribution is -2.21. The van der Waals surface area contributed by atoms with Crippen molar-refractivity contribution in [3.63, 3.8) is 0 Å². The second kappa shape index (κ2) is 5.31. The molecule has 0 spiro atoms. The van der Waals surface area contributed by atoms with Crippen molar-refractivity contribution in [3.8, 4) is 0 Å². The van der Waals surface area contributed by atoms with E-state index in [0.717, 1.165) is 11.1 Å². The fraction of sp³-hybridized carbons (Fsp3) is 0.571. The lowest BCUT2D eigenvalue weighted by molar-refractivity contribution is -0.136. The van der Waals surface area contributed by atoms with Crippen LogP contribution in [0.15, 0.2) is 24.3 Å². The molecular formula is C14H20F3N. The molecule has 0 radical (unpaired) electrons.